The van der Waals surface area contributed by atoms with Crippen LogP contribution in [-0.4, -0.2) is 48.9 Å². The number of nitrogen functional groups attached to an aromatic ring is 2. The Balaban J connectivity index is 1.39. The standard InChI is InChI=1S/C32H24N4O10S4/c33-20-5-1-18(2-6-20)31-32(19-3-7-21(34)8-4-19)36-26-15-22(9-12-25(26)35-31)46-27-13-10-23(16-29(27)49(40,41)42)47-28-14-11-24(48(37,38)39)17-30(28)50(43,44)45/h1-17H,33-34H2,(H,37,38,39)(H,40,41,42)(H,43,44,45). The number of nitrogens with two attached hydrogens (primary N) is 2. The van der Waals surface area contributed by atoms with E-state index in [1.165, 1.54) is 24.3 Å². The van der Waals surface area contributed by atoms with Crippen LogP contribution in [0.25, 0.3) is 33.5 Å². The third-order valence-electron chi connectivity index (χ3n) is 7.14. The van der Waals surface area contributed by atoms with Crippen LogP contribution in [0.2, 0.25) is 0 Å². The van der Waals surface area contributed by atoms with E-state index >= 15 is 0 Å². The Morgan fingerprint density at radius 2 is 1.12 bits per heavy atom. The van der Waals surface area contributed by atoms with Crippen LogP contribution in [0.3, 0.4) is 0 Å². The average Bonchev–Trinajstić information content (AvgIpc) is 3.04. The Kier molecular flexibility index (Phi) is 9.03. The molecule has 0 amide bonds. The summed E-state index contributed by atoms with van der Waals surface area (Å²) in [5.74, 6) is -0.159. The minimum Gasteiger partial charge on any atom is -0.456 e. The third kappa shape index (κ3) is 7.55. The van der Waals surface area contributed by atoms with Gasteiger partial charge in [0.05, 0.1) is 27.3 Å². The molecule has 6 rings (SSSR count). The summed E-state index contributed by atoms with van der Waals surface area (Å²) in [4.78, 5) is 7.20. The van der Waals surface area contributed by atoms with E-state index in [-0.39, 0.29) is 21.3 Å². The maximum absolute atomic E-state index is 12.5. The molecule has 0 radical (unpaired) electrons. The zero-order chi connectivity index (χ0) is 36.0. The number of hydrogen-bond acceptors (Lipinski definition) is 12. The highest BCUT2D eigenvalue weighted by molar-refractivity contribution is 8.00. The van der Waals surface area contributed by atoms with Gasteiger partial charge in [-0.25, -0.2) is 9.97 Å². The summed E-state index contributed by atoms with van der Waals surface area (Å²) in [6, 6.07) is 24.9. The second-order valence-corrected chi connectivity index (χ2v) is 16.0. The van der Waals surface area contributed by atoms with E-state index in [0.717, 1.165) is 29.3 Å². The van der Waals surface area contributed by atoms with Crippen LogP contribution in [0.5, 0.6) is 11.5 Å². The summed E-state index contributed by atoms with van der Waals surface area (Å²) in [5, 5.41) is 0. The minimum absolute atomic E-state index is 0.0576. The fourth-order valence-corrected chi connectivity index (χ4v) is 8.01. The van der Waals surface area contributed by atoms with Gasteiger partial charge < -0.3 is 16.2 Å². The Bertz CT molecular complexity index is 2640. The molecule has 0 unspecified atom stereocenters. The maximum Gasteiger partial charge on any atom is 0.298 e. The summed E-state index contributed by atoms with van der Waals surface area (Å²) >= 11 is 0.628. The SMILES string of the molecule is Nc1ccc(-c2nc3ccc(Oc4ccc(Sc5ccc(S(=O)(=O)O)cc5S(=O)(=O)O)cc4S(=O)(=O)O)cc3nc2-c2ccc(N)cc2)cc1. The van der Waals surface area contributed by atoms with Gasteiger partial charge in [0, 0.05) is 38.4 Å². The Labute approximate surface area is 290 Å². The molecule has 0 spiro atoms. The molecular weight excluding hydrogens is 729 g/mol. The lowest BCUT2D eigenvalue weighted by molar-refractivity contribution is 0.449. The van der Waals surface area contributed by atoms with E-state index in [0.29, 0.717) is 51.6 Å². The van der Waals surface area contributed by atoms with Crippen LogP contribution in [0.1, 0.15) is 0 Å². The molecular formula is C32H24N4O10S4. The summed E-state index contributed by atoms with van der Waals surface area (Å²) < 4.78 is 107. The molecule has 0 saturated carbocycles. The monoisotopic (exact) mass is 752 g/mol. The van der Waals surface area contributed by atoms with Crippen molar-refractivity contribution in [1.29, 1.82) is 0 Å². The molecule has 6 aromatic rings. The lowest BCUT2D eigenvalue weighted by Crippen LogP contribution is -2.05. The van der Waals surface area contributed by atoms with E-state index in [1.54, 1.807) is 42.5 Å². The van der Waals surface area contributed by atoms with Crippen molar-refractivity contribution in [2.75, 3.05) is 11.5 Å². The van der Waals surface area contributed by atoms with E-state index in [2.05, 4.69) is 0 Å². The van der Waals surface area contributed by atoms with Crippen LogP contribution in [-0.2, 0) is 30.4 Å². The van der Waals surface area contributed by atoms with Crippen LogP contribution < -0.4 is 16.2 Å². The van der Waals surface area contributed by atoms with E-state index in [4.69, 9.17) is 26.2 Å². The first-order valence-electron chi connectivity index (χ1n) is 14.1. The van der Waals surface area contributed by atoms with Crippen LogP contribution in [0, 0.1) is 0 Å². The van der Waals surface area contributed by atoms with E-state index in [1.807, 2.05) is 12.1 Å². The fourth-order valence-electron chi connectivity index (χ4n) is 4.81. The first kappa shape index (κ1) is 34.8. The lowest BCUT2D eigenvalue weighted by atomic mass is 10.0. The molecule has 0 atom stereocenters. The largest absolute Gasteiger partial charge is 0.456 e. The van der Waals surface area contributed by atoms with Crippen molar-refractivity contribution in [2.24, 2.45) is 0 Å². The maximum atomic E-state index is 12.5. The van der Waals surface area contributed by atoms with Crippen molar-refractivity contribution in [3.8, 4) is 34.0 Å². The van der Waals surface area contributed by atoms with Gasteiger partial charge in [-0.15, -0.1) is 0 Å². The molecule has 0 saturated heterocycles. The molecule has 0 fully saturated rings. The number of nitrogens with zero attached hydrogens (tertiary/aromatic N) is 2. The molecule has 7 N–H and O–H groups in total. The first-order chi connectivity index (χ1) is 23.5. The fraction of sp³-hybridized carbons (Fsp3) is 0. The van der Waals surface area contributed by atoms with Crippen LogP contribution >= 0.6 is 11.8 Å². The number of aromatic nitrogens is 2. The number of hydrogen-bond donors (Lipinski definition) is 5. The third-order valence-corrected chi connectivity index (χ3v) is 11.0. The highest BCUT2D eigenvalue weighted by atomic mass is 32.2. The van der Waals surface area contributed by atoms with Gasteiger partial charge in [0.1, 0.15) is 21.3 Å². The molecule has 14 nitrogen and oxygen atoms in total. The van der Waals surface area contributed by atoms with E-state index in [9.17, 15) is 38.9 Å². The molecule has 5 aromatic carbocycles. The number of fused-ring (bicyclic) bond motifs is 1. The Morgan fingerprint density at radius 3 is 1.66 bits per heavy atom. The first-order valence-corrected chi connectivity index (χ1v) is 19.2. The highest BCUT2D eigenvalue weighted by Crippen LogP contribution is 2.39. The number of ether oxygens (including phenoxy) is 1. The normalized spacial score (nSPS) is 12.2. The van der Waals surface area contributed by atoms with Gasteiger partial charge in [-0.2, -0.15) is 25.3 Å². The van der Waals surface area contributed by atoms with Crippen molar-refractivity contribution >= 4 is 64.5 Å². The summed E-state index contributed by atoms with van der Waals surface area (Å²) in [5.41, 5.74) is 16.4. The molecule has 0 aliphatic heterocycles. The Morgan fingerprint density at radius 1 is 0.560 bits per heavy atom. The summed E-state index contributed by atoms with van der Waals surface area (Å²) in [6.07, 6.45) is 0. The molecule has 1 heterocycles. The van der Waals surface area contributed by atoms with Gasteiger partial charge in [0.2, 0.25) is 0 Å². The molecule has 0 aliphatic rings. The summed E-state index contributed by atoms with van der Waals surface area (Å²) in [6.45, 7) is 0. The van der Waals surface area contributed by atoms with Crippen molar-refractivity contribution in [3.63, 3.8) is 0 Å². The second-order valence-electron chi connectivity index (χ2n) is 10.7. The smallest absolute Gasteiger partial charge is 0.298 e. The summed E-state index contributed by atoms with van der Waals surface area (Å²) in [7, 11) is -14.7. The molecule has 256 valence electrons. The highest BCUT2D eigenvalue weighted by Gasteiger charge is 2.24. The molecule has 1 aromatic heterocycles. The predicted octanol–water partition coefficient (Wildman–Crippen LogP) is 5.81. The van der Waals surface area contributed by atoms with Crippen LogP contribution in [0.15, 0.2) is 128 Å². The zero-order valence-electron chi connectivity index (χ0n) is 25.2. The van der Waals surface area contributed by atoms with Gasteiger partial charge >= 0.3 is 0 Å². The van der Waals surface area contributed by atoms with Gasteiger partial charge in [-0.05, 0) is 72.8 Å². The van der Waals surface area contributed by atoms with Crippen molar-refractivity contribution in [1.82, 2.24) is 9.97 Å². The van der Waals surface area contributed by atoms with Gasteiger partial charge in [0.15, 0.2) is 0 Å². The van der Waals surface area contributed by atoms with Gasteiger partial charge in [-0.3, -0.25) is 13.7 Å². The molecule has 50 heavy (non-hydrogen) atoms. The number of benzene rings is 5. The topological polar surface area (TPSA) is 250 Å². The van der Waals surface area contributed by atoms with E-state index < -0.39 is 45.0 Å². The second kappa shape index (κ2) is 13.0. The minimum atomic E-state index is -5.00. The van der Waals surface area contributed by atoms with Crippen molar-refractivity contribution < 1.29 is 43.6 Å². The Hall–Kier alpha value is -5.08. The van der Waals surface area contributed by atoms with Crippen molar-refractivity contribution in [2.45, 2.75) is 24.5 Å². The number of anilines is 2. The average molecular weight is 753 g/mol. The number of rotatable bonds is 9. The molecule has 18 heteroatoms. The molecule has 0 aliphatic carbocycles. The van der Waals surface area contributed by atoms with Crippen molar-refractivity contribution in [3.05, 3.63) is 103 Å². The van der Waals surface area contributed by atoms with Crippen LogP contribution in [0.4, 0.5) is 11.4 Å². The molecule has 0 bridgehead atoms. The van der Waals surface area contributed by atoms with Gasteiger partial charge in [0.25, 0.3) is 30.4 Å². The van der Waals surface area contributed by atoms with Gasteiger partial charge in [-0.1, -0.05) is 36.0 Å². The quantitative estimate of drug-likeness (QED) is 0.0863. The zero-order valence-corrected chi connectivity index (χ0v) is 28.5. The lowest BCUT2D eigenvalue weighted by Gasteiger charge is -2.14. The predicted molar refractivity (Wildman–Crippen MR) is 186 cm³/mol.